The van der Waals surface area contributed by atoms with Crippen molar-refractivity contribution in [3.8, 4) is 5.88 Å². The minimum absolute atomic E-state index is 0.502. The van der Waals surface area contributed by atoms with Crippen LogP contribution in [-0.2, 0) is 11.2 Å². The van der Waals surface area contributed by atoms with E-state index in [2.05, 4.69) is 20.1 Å². The molecule has 1 saturated heterocycles. The highest BCUT2D eigenvalue weighted by molar-refractivity contribution is 7.90. The second-order valence-corrected chi connectivity index (χ2v) is 10.3. The van der Waals surface area contributed by atoms with Gasteiger partial charge in [-0.25, -0.2) is 4.98 Å². The van der Waals surface area contributed by atoms with Crippen molar-refractivity contribution in [1.82, 2.24) is 15.2 Å². The van der Waals surface area contributed by atoms with Gasteiger partial charge in [-0.1, -0.05) is 11.5 Å². The highest BCUT2D eigenvalue weighted by Crippen LogP contribution is 2.50. The van der Waals surface area contributed by atoms with Crippen LogP contribution in [0, 0.1) is 17.8 Å². The maximum atomic E-state index is 11.4. The van der Waals surface area contributed by atoms with Crippen molar-refractivity contribution >= 4 is 17.2 Å². The quantitative estimate of drug-likeness (QED) is 0.589. The molecule has 3 heterocycles. The fourth-order valence-corrected chi connectivity index (χ4v) is 5.27. The van der Waals surface area contributed by atoms with Gasteiger partial charge in [0.1, 0.15) is 6.26 Å². The van der Waals surface area contributed by atoms with Crippen molar-refractivity contribution in [3.63, 3.8) is 0 Å². The van der Waals surface area contributed by atoms with Crippen molar-refractivity contribution in [2.24, 2.45) is 17.8 Å². The lowest BCUT2D eigenvalue weighted by atomic mass is 9.85. The van der Waals surface area contributed by atoms with Gasteiger partial charge in [0, 0.05) is 31.1 Å². The molecular weight excluding hydrogens is 400 g/mol. The Labute approximate surface area is 180 Å². The Bertz CT molecular complexity index is 831. The summed E-state index contributed by atoms with van der Waals surface area (Å²) in [5, 5.41) is 8.57. The van der Waals surface area contributed by atoms with Crippen molar-refractivity contribution in [3.05, 3.63) is 24.2 Å². The second kappa shape index (κ2) is 8.75. The van der Waals surface area contributed by atoms with Gasteiger partial charge in [-0.05, 0) is 67.5 Å². The third-order valence-corrected chi connectivity index (χ3v) is 7.96. The van der Waals surface area contributed by atoms with E-state index in [1.165, 1.54) is 38.5 Å². The van der Waals surface area contributed by atoms with Gasteiger partial charge in [-0.15, -0.1) is 5.10 Å². The average Bonchev–Trinajstić information content (AvgIpc) is 3.34. The lowest BCUT2D eigenvalue weighted by Crippen LogP contribution is -2.34. The number of pyridine rings is 1. The van der Waals surface area contributed by atoms with Crippen LogP contribution in [0.25, 0.3) is 0 Å². The number of anilines is 1. The molecular formula is C22H30N4O3S. The summed E-state index contributed by atoms with van der Waals surface area (Å²) in [5.41, 5.74) is 0. The normalized spacial score (nSPS) is 25.7. The van der Waals surface area contributed by atoms with Gasteiger partial charge < -0.3 is 18.6 Å². The molecule has 2 aromatic rings. The first-order chi connectivity index (χ1) is 14.7. The number of rotatable bonds is 8. The molecule has 0 aromatic carbocycles. The van der Waals surface area contributed by atoms with Crippen molar-refractivity contribution in [2.45, 2.75) is 55.8 Å². The van der Waals surface area contributed by atoms with Crippen LogP contribution in [0.1, 0.15) is 56.8 Å². The zero-order valence-electron chi connectivity index (χ0n) is 17.5. The molecule has 3 unspecified atom stereocenters. The summed E-state index contributed by atoms with van der Waals surface area (Å²) < 4.78 is 23.1. The summed E-state index contributed by atoms with van der Waals surface area (Å²) >= 11 is -0.997. The van der Waals surface area contributed by atoms with E-state index in [-0.39, 0.29) is 0 Å². The predicted molar refractivity (Wildman–Crippen MR) is 114 cm³/mol. The first kappa shape index (κ1) is 20.1. The lowest BCUT2D eigenvalue weighted by Gasteiger charge is -2.31. The number of hydrogen-bond donors (Lipinski definition) is 0. The fraction of sp³-hybridized carbons (Fsp3) is 0.682. The Morgan fingerprint density at radius 3 is 2.70 bits per heavy atom. The Kier molecular flexibility index (Phi) is 5.87. The molecule has 162 valence electrons. The van der Waals surface area contributed by atoms with Gasteiger partial charge in [0.2, 0.25) is 11.8 Å². The summed E-state index contributed by atoms with van der Waals surface area (Å²) in [7, 11) is 0. The van der Waals surface area contributed by atoms with Crippen LogP contribution in [-0.4, -0.2) is 45.7 Å². The van der Waals surface area contributed by atoms with E-state index in [0.29, 0.717) is 18.4 Å². The molecule has 2 aromatic heterocycles. The maximum absolute atomic E-state index is 11.4. The molecule has 2 aliphatic carbocycles. The van der Waals surface area contributed by atoms with Gasteiger partial charge in [-0.2, -0.15) is 0 Å². The number of nitrogens with zero attached hydrogens (tertiary/aromatic N) is 4. The van der Waals surface area contributed by atoms with E-state index in [1.807, 2.05) is 12.1 Å². The molecule has 0 bridgehead atoms. The predicted octanol–water partition coefficient (Wildman–Crippen LogP) is 3.79. The van der Waals surface area contributed by atoms with Crippen LogP contribution in [0.4, 0.5) is 6.01 Å². The SMILES string of the molecule is C[S+]([O-])c1ccc(OCCC2CC2C2CCN(c3nnc(C4CCC4)o3)CC2)nc1. The van der Waals surface area contributed by atoms with Crippen molar-refractivity contribution in [1.29, 1.82) is 0 Å². The molecule has 3 atom stereocenters. The highest BCUT2D eigenvalue weighted by atomic mass is 32.2. The molecule has 3 fully saturated rings. The van der Waals surface area contributed by atoms with Crippen LogP contribution in [0.2, 0.25) is 0 Å². The first-order valence-corrected chi connectivity index (χ1v) is 12.7. The molecule has 0 radical (unpaired) electrons. The summed E-state index contributed by atoms with van der Waals surface area (Å²) in [5.74, 6) is 4.38. The minimum atomic E-state index is -0.997. The summed E-state index contributed by atoms with van der Waals surface area (Å²) in [6.45, 7) is 2.74. The topological polar surface area (TPSA) is 87.3 Å². The van der Waals surface area contributed by atoms with Crippen LogP contribution in [0.15, 0.2) is 27.6 Å². The van der Waals surface area contributed by atoms with Crippen LogP contribution in [0.3, 0.4) is 0 Å². The van der Waals surface area contributed by atoms with E-state index < -0.39 is 11.2 Å². The molecule has 3 aliphatic rings. The van der Waals surface area contributed by atoms with E-state index in [1.54, 1.807) is 12.5 Å². The zero-order valence-corrected chi connectivity index (χ0v) is 18.4. The first-order valence-electron chi connectivity index (χ1n) is 11.2. The smallest absolute Gasteiger partial charge is 0.318 e. The Morgan fingerprint density at radius 2 is 2.03 bits per heavy atom. The monoisotopic (exact) mass is 430 g/mol. The summed E-state index contributed by atoms with van der Waals surface area (Å²) in [6.07, 6.45) is 11.8. The molecule has 0 spiro atoms. The van der Waals surface area contributed by atoms with Crippen LogP contribution < -0.4 is 9.64 Å². The van der Waals surface area contributed by atoms with Gasteiger partial charge in [0.25, 0.3) is 0 Å². The van der Waals surface area contributed by atoms with Gasteiger partial charge in [0.15, 0.2) is 4.90 Å². The standard InChI is InChI=1S/C22H30N4O3S/c1-30(27)18-5-6-20(23-14-18)28-12-9-17-13-19(17)15-7-10-26(11-8-15)22-25-24-21(29-22)16-3-2-4-16/h5-6,14-17,19H,2-4,7-13H2,1H3. The van der Waals surface area contributed by atoms with Gasteiger partial charge in [-0.3, -0.25) is 0 Å². The number of aromatic nitrogens is 3. The van der Waals surface area contributed by atoms with E-state index in [4.69, 9.17) is 9.15 Å². The molecule has 2 saturated carbocycles. The van der Waals surface area contributed by atoms with Gasteiger partial charge >= 0.3 is 6.01 Å². The van der Waals surface area contributed by atoms with E-state index in [0.717, 1.165) is 54.1 Å². The number of piperidine rings is 1. The molecule has 7 nitrogen and oxygen atoms in total. The number of hydrogen-bond acceptors (Lipinski definition) is 7. The molecule has 8 heteroatoms. The molecule has 30 heavy (non-hydrogen) atoms. The van der Waals surface area contributed by atoms with Crippen LogP contribution in [0.5, 0.6) is 5.88 Å². The third kappa shape index (κ3) is 4.44. The second-order valence-electron chi connectivity index (χ2n) is 8.96. The Hall–Kier alpha value is -1.80. The number of ether oxygens (including phenoxy) is 1. The van der Waals surface area contributed by atoms with Gasteiger partial charge in [0.05, 0.1) is 12.8 Å². The van der Waals surface area contributed by atoms with Crippen LogP contribution >= 0.6 is 0 Å². The maximum Gasteiger partial charge on any atom is 0.318 e. The van der Waals surface area contributed by atoms with Crippen molar-refractivity contribution < 1.29 is 13.7 Å². The Morgan fingerprint density at radius 1 is 1.20 bits per heavy atom. The largest absolute Gasteiger partial charge is 0.612 e. The highest BCUT2D eigenvalue weighted by Gasteiger charge is 2.43. The van der Waals surface area contributed by atoms with E-state index in [9.17, 15) is 4.55 Å². The van der Waals surface area contributed by atoms with Crippen molar-refractivity contribution in [2.75, 3.05) is 30.9 Å². The fourth-order valence-electron chi connectivity index (χ4n) is 4.81. The zero-order chi connectivity index (χ0) is 20.5. The lowest BCUT2D eigenvalue weighted by molar-refractivity contribution is 0.274. The van der Waals surface area contributed by atoms with E-state index >= 15 is 0 Å². The summed E-state index contributed by atoms with van der Waals surface area (Å²) in [6, 6.07) is 4.36. The molecule has 0 amide bonds. The molecule has 1 aliphatic heterocycles. The minimum Gasteiger partial charge on any atom is -0.612 e. The third-order valence-electron chi connectivity index (χ3n) is 7.06. The molecule has 0 N–H and O–H groups in total. The summed E-state index contributed by atoms with van der Waals surface area (Å²) in [4.78, 5) is 7.24. The molecule has 5 rings (SSSR count). The Balaban J connectivity index is 1.02. The average molecular weight is 431 g/mol.